The van der Waals surface area contributed by atoms with Crippen LogP contribution in [0, 0.1) is 5.92 Å². The zero-order valence-corrected chi connectivity index (χ0v) is 16.4. The van der Waals surface area contributed by atoms with Gasteiger partial charge in [0.1, 0.15) is 0 Å². The fourth-order valence-corrected chi connectivity index (χ4v) is 4.98. The van der Waals surface area contributed by atoms with Gasteiger partial charge in [-0.2, -0.15) is 0 Å². The number of para-hydroxylation sites is 1. The quantitative estimate of drug-likeness (QED) is 0.430. The van der Waals surface area contributed by atoms with Gasteiger partial charge in [-0.25, -0.2) is 4.98 Å². The first-order valence-electron chi connectivity index (χ1n) is 9.66. The van der Waals surface area contributed by atoms with E-state index in [4.69, 9.17) is 18.6 Å². The minimum absolute atomic E-state index is 0.0460. The van der Waals surface area contributed by atoms with Crippen molar-refractivity contribution in [2.45, 2.75) is 38.2 Å². The number of rotatable bonds is 5. The number of carbonyl (C=O) groups is 1. The summed E-state index contributed by atoms with van der Waals surface area (Å²) in [6, 6.07) is 11.5. The lowest BCUT2D eigenvalue weighted by molar-refractivity contribution is -0.152. The fraction of sp³-hybridized carbons (Fsp3) is 0.333. The van der Waals surface area contributed by atoms with Gasteiger partial charge in [0.2, 0.25) is 0 Å². The summed E-state index contributed by atoms with van der Waals surface area (Å²) in [6.07, 6.45) is 5.40. The van der Waals surface area contributed by atoms with Crippen molar-refractivity contribution < 1.29 is 18.4 Å². The largest absolute Gasteiger partial charge is 0.459 e. The molecule has 4 aromatic rings. The fourth-order valence-electron chi connectivity index (χ4n) is 3.81. The number of thiazole rings is 1. The summed E-state index contributed by atoms with van der Waals surface area (Å²) in [6.45, 7) is -0.0460. The Balaban J connectivity index is 1.28. The van der Waals surface area contributed by atoms with E-state index in [1.54, 1.807) is 23.5 Å². The molecule has 3 heterocycles. The monoisotopic (exact) mass is 409 g/mol. The van der Waals surface area contributed by atoms with Crippen molar-refractivity contribution >= 4 is 27.5 Å². The smallest absolute Gasteiger partial charge is 0.310 e. The predicted octanol–water partition coefficient (Wildman–Crippen LogP) is 4.96. The van der Waals surface area contributed by atoms with Gasteiger partial charge in [-0.1, -0.05) is 25.0 Å². The molecule has 8 heteroatoms. The first kappa shape index (κ1) is 18.1. The molecule has 1 aliphatic rings. The number of ether oxygens (including phenoxy) is 1. The summed E-state index contributed by atoms with van der Waals surface area (Å²) in [5.41, 5.74) is 0.988. The maximum atomic E-state index is 12.9. The summed E-state index contributed by atoms with van der Waals surface area (Å²) in [4.78, 5) is 17.6. The minimum atomic E-state index is -0.230. The van der Waals surface area contributed by atoms with Crippen molar-refractivity contribution in [3.8, 4) is 11.7 Å². The minimum Gasteiger partial charge on any atom is -0.459 e. The maximum Gasteiger partial charge on any atom is 0.310 e. The van der Waals surface area contributed by atoms with E-state index in [-0.39, 0.29) is 36.2 Å². The van der Waals surface area contributed by atoms with E-state index in [9.17, 15) is 4.79 Å². The molecule has 0 radical (unpaired) electrons. The number of carbonyl (C=O) groups excluding carboxylic acids is 1. The maximum absolute atomic E-state index is 12.9. The van der Waals surface area contributed by atoms with Gasteiger partial charge < -0.3 is 13.6 Å². The molecule has 5 rings (SSSR count). The Kier molecular flexibility index (Phi) is 4.85. The lowest BCUT2D eigenvalue weighted by Crippen LogP contribution is -2.27. The average Bonchev–Trinajstić information content (AvgIpc) is 3.52. The molecule has 0 aliphatic heterocycles. The lowest BCUT2D eigenvalue weighted by atomic mass is 9.79. The summed E-state index contributed by atoms with van der Waals surface area (Å²) in [5, 5.41) is 8.88. The van der Waals surface area contributed by atoms with E-state index in [1.165, 1.54) is 6.26 Å². The van der Waals surface area contributed by atoms with Crippen LogP contribution < -0.4 is 0 Å². The van der Waals surface area contributed by atoms with Crippen molar-refractivity contribution in [1.29, 1.82) is 0 Å². The average molecular weight is 409 g/mol. The molecule has 0 amide bonds. The molecule has 2 atom stereocenters. The van der Waals surface area contributed by atoms with Gasteiger partial charge >= 0.3 is 5.97 Å². The van der Waals surface area contributed by atoms with E-state index >= 15 is 0 Å². The number of furan rings is 1. The molecule has 148 valence electrons. The van der Waals surface area contributed by atoms with E-state index in [2.05, 4.69) is 16.3 Å². The molecule has 1 fully saturated rings. The van der Waals surface area contributed by atoms with Crippen LogP contribution in [0.25, 0.3) is 21.9 Å². The Morgan fingerprint density at radius 2 is 2.03 bits per heavy atom. The lowest BCUT2D eigenvalue weighted by Gasteiger charge is -2.28. The van der Waals surface area contributed by atoms with Gasteiger partial charge in [-0.15, -0.1) is 21.5 Å². The van der Waals surface area contributed by atoms with Crippen molar-refractivity contribution in [2.75, 3.05) is 0 Å². The second-order valence-electron chi connectivity index (χ2n) is 7.10. The standard InChI is InChI=1S/C21H19N3O4S/c25-21(27-12-18-23-24-19(28-18)16-9-5-11-26-16)14-7-2-1-6-13(14)20-22-15-8-3-4-10-17(15)29-20/h3-5,8-11,13-14H,1-2,6-7,12H2/t13-,14-/m0/s1. The topological polar surface area (TPSA) is 91.2 Å². The Hall–Kier alpha value is -3.00. The van der Waals surface area contributed by atoms with Crippen LogP contribution in [-0.4, -0.2) is 21.2 Å². The Morgan fingerprint density at radius 3 is 2.90 bits per heavy atom. The highest BCUT2D eigenvalue weighted by Crippen LogP contribution is 2.41. The van der Waals surface area contributed by atoms with Crippen LogP contribution in [0.15, 0.2) is 51.5 Å². The highest BCUT2D eigenvalue weighted by atomic mass is 32.1. The molecule has 29 heavy (non-hydrogen) atoms. The molecule has 0 unspecified atom stereocenters. The summed E-state index contributed by atoms with van der Waals surface area (Å²) >= 11 is 1.67. The van der Waals surface area contributed by atoms with Crippen LogP contribution >= 0.6 is 11.3 Å². The molecule has 0 spiro atoms. The van der Waals surface area contributed by atoms with E-state index in [1.807, 2.05) is 18.2 Å². The molecule has 1 aliphatic carbocycles. The SMILES string of the molecule is O=C(OCc1nnc(-c2ccco2)o1)[C@H]1CCCC[C@@H]1c1nc2ccccc2s1. The van der Waals surface area contributed by atoms with Crippen LogP contribution in [0.1, 0.15) is 42.5 Å². The van der Waals surface area contributed by atoms with Crippen molar-refractivity contribution in [3.05, 3.63) is 53.6 Å². The van der Waals surface area contributed by atoms with Gasteiger partial charge in [0, 0.05) is 5.92 Å². The van der Waals surface area contributed by atoms with Gasteiger partial charge in [0.15, 0.2) is 12.4 Å². The number of benzene rings is 1. The second kappa shape index (κ2) is 7.79. The van der Waals surface area contributed by atoms with Gasteiger partial charge in [-0.3, -0.25) is 4.79 Å². The van der Waals surface area contributed by atoms with Crippen molar-refractivity contribution in [1.82, 2.24) is 15.2 Å². The number of nitrogens with zero attached hydrogens (tertiary/aromatic N) is 3. The van der Waals surface area contributed by atoms with Gasteiger partial charge in [0.05, 0.1) is 27.4 Å². The van der Waals surface area contributed by atoms with Crippen LogP contribution in [0.4, 0.5) is 0 Å². The second-order valence-corrected chi connectivity index (χ2v) is 8.17. The Labute approximate surface area is 170 Å². The van der Waals surface area contributed by atoms with Crippen molar-refractivity contribution in [3.63, 3.8) is 0 Å². The zero-order chi connectivity index (χ0) is 19.6. The molecule has 1 saturated carbocycles. The van der Waals surface area contributed by atoms with E-state index in [0.717, 1.165) is 40.9 Å². The molecule has 0 saturated heterocycles. The highest BCUT2D eigenvalue weighted by molar-refractivity contribution is 7.18. The number of fused-ring (bicyclic) bond motifs is 1. The van der Waals surface area contributed by atoms with Crippen LogP contribution in [0.2, 0.25) is 0 Å². The van der Waals surface area contributed by atoms with Crippen LogP contribution in [0.5, 0.6) is 0 Å². The van der Waals surface area contributed by atoms with Crippen LogP contribution in [0.3, 0.4) is 0 Å². The molecule has 1 aromatic carbocycles. The number of hydrogen-bond donors (Lipinski definition) is 0. The predicted molar refractivity (Wildman–Crippen MR) is 106 cm³/mol. The molecule has 0 N–H and O–H groups in total. The first-order valence-corrected chi connectivity index (χ1v) is 10.5. The highest BCUT2D eigenvalue weighted by Gasteiger charge is 2.35. The summed E-state index contributed by atoms with van der Waals surface area (Å²) < 4.78 is 17.4. The van der Waals surface area contributed by atoms with E-state index in [0.29, 0.717) is 5.76 Å². The number of esters is 1. The zero-order valence-electron chi connectivity index (χ0n) is 15.6. The van der Waals surface area contributed by atoms with E-state index < -0.39 is 0 Å². The number of aromatic nitrogens is 3. The summed E-state index contributed by atoms with van der Waals surface area (Å²) in [7, 11) is 0. The van der Waals surface area contributed by atoms with Gasteiger partial charge in [-0.05, 0) is 37.1 Å². The normalized spacial score (nSPS) is 19.4. The third-order valence-electron chi connectivity index (χ3n) is 5.23. The third kappa shape index (κ3) is 3.67. The molecular weight excluding hydrogens is 390 g/mol. The first-order chi connectivity index (χ1) is 14.3. The van der Waals surface area contributed by atoms with Gasteiger partial charge in [0.25, 0.3) is 11.8 Å². The van der Waals surface area contributed by atoms with Crippen molar-refractivity contribution in [2.24, 2.45) is 5.92 Å². The molecule has 3 aromatic heterocycles. The molecular formula is C21H19N3O4S. The molecule has 0 bridgehead atoms. The Bertz CT molecular complexity index is 1090. The number of hydrogen-bond acceptors (Lipinski definition) is 8. The molecule has 7 nitrogen and oxygen atoms in total. The summed E-state index contributed by atoms with van der Waals surface area (Å²) in [5.74, 6) is 0.667. The van der Waals surface area contributed by atoms with Crippen LogP contribution in [-0.2, 0) is 16.1 Å². The Morgan fingerprint density at radius 1 is 1.14 bits per heavy atom. The third-order valence-corrected chi connectivity index (χ3v) is 6.40.